The molecule has 0 unspecified atom stereocenters. The molecule has 0 bridgehead atoms. The number of phenolic OH excluding ortho intramolecular Hbond substituents is 2. The second-order valence-corrected chi connectivity index (χ2v) is 4.15. The molecule has 2 rings (SSSR count). The van der Waals surface area contributed by atoms with Gasteiger partial charge in [0.15, 0.2) is 17.3 Å². The van der Waals surface area contributed by atoms with E-state index in [1.54, 1.807) is 6.08 Å². The van der Waals surface area contributed by atoms with Crippen LogP contribution in [0.5, 0.6) is 17.2 Å². The highest BCUT2D eigenvalue weighted by Gasteiger charge is 2.13. The van der Waals surface area contributed by atoms with Gasteiger partial charge in [-0.25, -0.2) is 0 Å². The number of phenols is 2. The zero-order valence-corrected chi connectivity index (χ0v) is 10.9. The van der Waals surface area contributed by atoms with Crippen molar-refractivity contribution < 1.29 is 19.7 Å². The summed E-state index contributed by atoms with van der Waals surface area (Å²) in [5, 5.41) is 19.4. The molecule has 0 fully saturated rings. The number of ketones is 1. The summed E-state index contributed by atoms with van der Waals surface area (Å²) < 4.78 is 4.85. The van der Waals surface area contributed by atoms with Crippen LogP contribution in [-0.4, -0.2) is 23.1 Å². The minimum absolute atomic E-state index is 0.0236. The predicted molar refractivity (Wildman–Crippen MR) is 76.1 cm³/mol. The van der Waals surface area contributed by atoms with Crippen molar-refractivity contribution >= 4 is 11.9 Å². The van der Waals surface area contributed by atoms with E-state index >= 15 is 0 Å². The molecule has 0 saturated heterocycles. The van der Waals surface area contributed by atoms with E-state index in [9.17, 15) is 15.0 Å². The summed E-state index contributed by atoms with van der Waals surface area (Å²) in [6.07, 6.45) is 2.99. The smallest absolute Gasteiger partial charge is 0.189 e. The average Bonchev–Trinajstić information content (AvgIpc) is 2.47. The molecule has 0 radical (unpaired) electrons. The fourth-order valence-corrected chi connectivity index (χ4v) is 1.74. The second kappa shape index (κ2) is 5.93. The quantitative estimate of drug-likeness (QED) is 0.509. The van der Waals surface area contributed by atoms with E-state index in [0.717, 1.165) is 5.56 Å². The van der Waals surface area contributed by atoms with Gasteiger partial charge in [0, 0.05) is 6.07 Å². The van der Waals surface area contributed by atoms with Gasteiger partial charge in [-0.15, -0.1) is 0 Å². The summed E-state index contributed by atoms with van der Waals surface area (Å²) in [5.74, 6) is -0.709. The highest BCUT2D eigenvalue weighted by molar-refractivity contribution is 6.09. The van der Waals surface area contributed by atoms with E-state index in [0.29, 0.717) is 0 Å². The SMILES string of the molecule is COc1cc(O)c(C(=O)C=Cc2ccccc2)cc1O. The van der Waals surface area contributed by atoms with Crippen molar-refractivity contribution in [2.24, 2.45) is 0 Å². The van der Waals surface area contributed by atoms with Crippen LogP contribution < -0.4 is 4.74 Å². The third-order valence-electron chi connectivity index (χ3n) is 2.79. The molecule has 102 valence electrons. The Kier molecular flexibility index (Phi) is 4.05. The van der Waals surface area contributed by atoms with Crippen molar-refractivity contribution in [1.29, 1.82) is 0 Å². The first kappa shape index (κ1) is 13.7. The second-order valence-electron chi connectivity index (χ2n) is 4.15. The van der Waals surface area contributed by atoms with Gasteiger partial charge in [-0.1, -0.05) is 36.4 Å². The summed E-state index contributed by atoms with van der Waals surface area (Å²) in [7, 11) is 1.37. The van der Waals surface area contributed by atoms with E-state index < -0.39 is 5.78 Å². The Labute approximate surface area is 116 Å². The van der Waals surface area contributed by atoms with Gasteiger partial charge >= 0.3 is 0 Å². The lowest BCUT2D eigenvalue weighted by atomic mass is 10.1. The summed E-state index contributed by atoms with van der Waals surface area (Å²) in [6, 6.07) is 11.7. The highest BCUT2D eigenvalue weighted by atomic mass is 16.5. The molecule has 4 nitrogen and oxygen atoms in total. The zero-order chi connectivity index (χ0) is 14.5. The first-order valence-corrected chi connectivity index (χ1v) is 5.99. The molecule has 0 amide bonds. The minimum Gasteiger partial charge on any atom is -0.507 e. The molecule has 0 saturated carbocycles. The van der Waals surface area contributed by atoms with E-state index in [2.05, 4.69) is 0 Å². The van der Waals surface area contributed by atoms with Crippen molar-refractivity contribution in [1.82, 2.24) is 0 Å². The molecule has 4 heteroatoms. The summed E-state index contributed by atoms with van der Waals surface area (Å²) in [4.78, 5) is 12.0. The molecule has 2 aromatic rings. The van der Waals surface area contributed by atoms with Gasteiger partial charge in [-0.2, -0.15) is 0 Å². The van der Waals surface area contributed by atoms with Gasteiger partial charge < -0.3 is 14.9 Å². The van der Waals surface area contributed by atoms with Crippen LogP contribution in [0.3, 0.4) is 0 Å². The largest absolute Gasteiger partial charge is 0.507 e. The Bertz CT molecular complexity index is 645. The first-order chi connectivity index (χ1) is 9.61. The van der Waals surface area contributed by atoms with Crippen LogP contribution in [0.1, 0.15) is 15.9 Å². The normalized spacial score (nSPS) is 10.7. The highest BCUT2D eigenvalue weighted by Crippen LogP contribution is 2.33. The summed E-state index contributed by atoms with van der Waals surface area (Å²) in [5.41, 5.74) is 0.897. The van der Waals surface area contributed by atoms with Crippen molar-refractivity contribution in [3.63, 3.8) is 0 Å². The molecule has 0 heterocycles. The number of hydrogen-bond acceptors (Lipinski definition) is 4. The Morgan fingerprint density at radius 2 is 1.80 bits per heavy atom. The van der Waals surface area contributed by atoms with Crippen molar-refractivity contribution in [2.75, 3.05) is 7.11 Å². The maximum Gasteiger partial charge on any atom is 0.189 e. The number of carbonyl (C=O) groups is 1. The monoisotopic (exact) mass is 270 g/mol. The topological polar surface area (TPSA) is 66.8 Å². The first-order valence-electron chi connectivity index (χ1n) is 5.99. The maximum absolute atomic E-state index is 12.0. The minimum atomic E-state index is -0.399. The Hall–Kier alpha value is -2.75. The molecule has 0 aliphatic rings. The van der Waals surface area contributed by atoms with Crippen LogP contribution >= 0.6 is 0 Å². The third-order valence-corrected chi connectivity index (χ3v) is 2.79. The van der Waals surface area contributed by atoms with E-state index in [1.165, 1.54) is 25.3 Å². The van der Waals surface area contributed by atoms with Crippen molar-refractivity contribution in [2.45, 2.75) is 0 Å². The standard InChI is InChI=1S/C16H14O4/c1-20-16-10-14(18)12(9-15(16)19)13(17)8-7-11-5-3-2-4-6-11/h2-10,18-19H,1H3. The Balaban J connectivity index is 2.26. The lowest BCUT2D eigenvalue weighted by molar-refractivity contribution is 0.104. The third kappa shape index (κ3) is 2.98. The van der Waals surface area contributed by atoms with Crippen LogP contribution in [0.25, 0.3) is 6.08 Å². The van der Waals surface area contributed by atoms with Gasteiger partial charge in [0.25, 0.3) is 0 Å². The zero-order valence-electron chi connectivity index (χ0n) is 10.9. The van der Waals surface area contributed by atoms with Gasteiger partial charge in [0.2, 0.25) is 0 Å². The van der Waals surface area contributed by atoms with E-state index in [4.69, 9.17) is 4.74 Å². The predicted octanol–water partition coefficient (Wildman–Crippen LogP) is 3.00. The maximum atomic E-state index is 12.0. The molecular formula is C16H14O4. The number of aromatic hydroxyl groups is 2. The van der Waals surface area contributed by atoms with E-state index in [-0.39, 0.29) is 22.8 Å². The molecule has 20 heavy (non-hydrogen) atoms. The van der Waals surface area contributed by atoms with Gasteiger partial charge in [0.05, 0.1) is 12.7 Å². The lowest BCUT2D eigenvalue weighted by Crippen LogP contribution is -1.96. The van der Waals surface area contributed by atoms with Crippen LogP contribution in [0.4, 0.5) is 0 Å². The van der Waals surface area contributed by atoms with Crippen LogP contribution in [0.15, 0.2) is 48.5 Å². The van der Waals surface area contributed by atoms with Gasteiger partial charge in [-0.3, -0.25) is 4.79 Å². The number of allylic oxidation sites excluding steroid dienone is 1. The number of benzene rings is 2. The molecule has 2 N–H and O–H groups in total. The average molecular weight is 270 g/mol. The summed E-state index contributed by atoms with van der Waals surface area (Å²) in [6.45, 7) is 0. The molecule has 0 atom stereocenters. The summed E-state index contributed by atoms with van der Waals surface area (Å²) >= 11 is 0. The number of ether oxygens (including phenoxy) is 1. The van der Waals surface area contributed by atoms with Crippen LogP contribution in [0, 0.1) is 0 Å². The van der Waals surface area contributed by atoms with E-state index in [1.807, 2.05) is 30.3 Å². The van der Waals surface area contributed by atoms with Crippen LogP contribution in [-0.2, 0) is 0 Å². The molecule has 2 aromatic carbocycles. The Morgan fingerprint density at radius 1 is 1.10 bits per heavy atom. The van der Waals surface area contributed by atoms with Gasteiger partial charge in [-0.05, 0) is 17.7 Å². The number of hydrogen-bond donors (Lipinski definition) is 2. The molecule has 0 aliphatic carbocycles. The number of carbonyl (C=O) groups excluding carboxylic acids is 1. The molecule has 0 spiro atoms. The van der Waals surface area contributed by atoms with Crippen LogP contribution in [0.2, 0.25) is 0 Å². The number of methoxy groups -OCH3 is 1. The molecule has 0 aromatic heterocycles. The fourth-order valence-electron chi connectivity index (χ4n) is 1.74. The number of rotatable bonds is 4. The van der Waals surface area contributed by atoms with Gasteiger partial charge in [0.1, 0.15) is 5.75 Å². The van der Waals surface area contributed by atoms with Crippen molar-refractivity contribution in [3.8, 4) is 17.2 Å². The molecular weight excluding hydrogens is 256 g/mol. The Morgan fingerprint density at radius 3 is 2.45 bits per heavy atom. The van der Waals surface area contributed by atoms with Crippen molar-refractivity contribution in [3.05, 3.63) is 59.7 Å². The molecule has 0 aliphatic heterocycles. The fraction of sp³-hybridized carbons (Fsp3) is 0.0625. The lowest BCUT2D eigenvalue weighted by Gasteiger charge is -2.06.